The van der Waals surface area contributed by atoms with E-state index in [9.17, 15) is 64.7 Å². The zero-order valence-electron chi connectivity index (χ0n) is 68.8. The molecule has 0 radical (unpaired) electrons. The SMILES string of the molecule is C=CC(=O)Nc1cc(Oc2ccc(NC(=O)Nc3ccc(C)c(C(F)(F)F)c3)cc2)ncn1.CC(=O)Nc1cc(Oc2ccc(NC(=O)Cc3ccc(C)c(C)c3)cc2)ncn1.CCC(=O)Nc1cc(Oc2ccc(NC(=O)Nc3ccc(C)c(C(F)(F)F)c3)cc2)ncn1.COc1ccc(CC(=O)Nc2ccc(Oc3cc(NC(C)=O)ncn3)cc2)cc1OC. The van der Waals surface area contributed by atoms with Crippen LogP contribution in [-0.4, -0.2) is 102 Å². The van der Waals surface area contributed by atoms with Crippen LogP contribution in [0.1, 0.15) is 71.7 Å². The van der Waals surface area contributed by atoms with Gasteiger partial charge in [-0.25, -0.2) is 49.5 Å². The van der Waals surface area contributed by atoms with Crippen molar-refractivity contribution in [2.45, 2.75) is 80.1 Å². The number of aromatic nitrogens is 8. The van der Waals surface area contributed by atoms with Gasteiger partial charge in [-0.05, 0) is 201 Å². The Morgan fingerprint density at radius 1 is 0.341 bits per heavy atom. The van der Waals surface area contributed by atoms with Crippen molar-refractivity contribution < 1.29 is 93.1 Å². The van der Waals surface area contributed by atoms with E-state index >= 15 is 0 Å². The van der Waals surface area contributed by atoms with Crippen LogP contribution >= 0.6 is 0 Å². The minimum atomic E-state index is -4.52. The Bertz CT molecular complexity index is 5860. The number of nitrogens with zero attached hydrogens (tertiary/aromatic N) is 8. The van der Waals surface area contributed by atoms with E-state index in [1.165, 1.54) is 125 Å². The quantitative estimate of drug-likeness (QED) is 0.0178. The maximum atomic E-state index is 13.0. The van der Waals surface area contributed by atoms with Crippen molar-refractivity contribution in [3.8, 4) is 58.0 Å². The molecule has 0 unspecified atom stereocenters. The van der Waals surface area contributed by atoms with E-state index in [0.717, 1.165) is 29.3 Å². The molecule has 4 heterocycles. The van der Waals surface area contributed by atoms with Crippen molar-refractivity contribution in [3.63, 3.8) is 0 Å². The summed E-state index contributed by atoms with van der Waals surface area (Å²) in [6, 6.07) is 49.2. The molecule has 0 atom stereocenters. The summed E-state index contributed by atoms with van der Waals surface area (Å²) in [5, 5.41) is 25.7. The number of aryl methyl sites for hydroxylation is 4. The van der Waals surface area contributed by atoms with Crippen LogP contribution in [0.4, 0.5) is 93.3 Å². The number of urea groups is 2. The summed E-state index contributed by atoms with van der Waals surface area (Å²) in [5.74, 6) is 3.85. The van der Waals surface area contributed by atoms with Gasteiger partial charge in [0.1, 0.15) is 71.6 Å². The van der Waals surface area contributed by atoms with Crippen molar-refractivity contribution in [2.24, 2.45) is 0 Å². The number of rotatable bonds is 26. The highest BCUT2D eigenvalue weighted by molar-refractivity contribution is 6.01. The third kappa shape index (κ3) is 30.7. The molecule has 0 saturated carbocycles. The van der Waals surface area contributed by atoms with Crippen molar-refractivity contribution in [2.75, 3.05) is 67.4 Å². The number of anilines is 10. The Kier molecular flexibility index (Phi) is 33.2. The van der Waals surface area contributed by atoms with Gasteiger partial charge >= 0.3 is 24.4 Å². The lowest BCUT2D eigenvalue weighted by atomic mass is 10.0. The van der Waals surface area contributed by atoms with Gasteiger partial charge in [0.2, 0.25) is 59.0 Å². The number of amides is 10. The molecule has 0 aliphatic rings. The van der Waals surface area contributed by atoms with Gasteiger partial charge in [-0.1, -0.05) is 49.9 Å². The Morgan fingerprint density at radius 3 is 0.992 bits per heavy atom. The van der Waals surface area contributed by atoms with Gasteiger partial charge in [0.15, 0.2) is 11.5 Å². The second kappa shape index (κ2) is 44.7. The van der Waals surface area contributed by atoms with Crippen LogP contribution in [0.3, 0.4) is 0 Å². The van der Waals surface area contributed by atoms with Crippen molar-refractivity contribution in [1.29, 1.82) is 0 Å². The molecule has 0 saturated heterocycles. The van der Waals surface area contributed by atoms with E-state index in [1.807, 2.05) is 38.1 Å². The average Bonchev–Trinajstić information content (AvgIpc) is 0.822. The number of carbonyl (C=O) groups excluding carboxylic acids is 8. The molecule has 8 aromatic carbocycles. The second-order valence-electron chi connectivity index (χ2n) is 26.7. The maximum absolute atomic E-state index is 13.0. The molecule has 0 spiro atoms. The van der Waals surface area contributed by atoms with Gasteiger partial charge in [0.25, 0.3) is 0 Å². The zero-order chi connectivity index (χ0) is 91.0. The smallest absolute Gasteiger partial charge is 0.416 e. The first-order chi connectivity index (χ1) is 60.1. The van der Waals surface area contributed by atoms with E-state index in [-0.39, 0.29) is 81.9 Å². The lowest BCUT2D eigenvalue weighted by Gasteiger charge is -2.13. The van der Waals surface area contributed by atoms with Gasteiger partial charge in [0.05, 0.1) is 38.2 Å². The molecule has 0 bridgehead atoms. The minimum Gasteiger partial charge on any atom is -0.493 e. The minimum absolute atomic E-state index is 0.00786. The molecule has 10 N–H and O–H groups in total. The summed E-state index contributed by atoms with van der Waals surface area (Å²) in [4.78, 5) is 126. The van der Waals surface area contributed by atoms with Crippen molar-refractivity contribution in [1.82, 2.24) is 39.9 Å². The number of hydrogen-bond acceptors (Lipinski definition) is 22. The van der Waals surface area contributed by atoms with Crippen LogP contribution in [-0.2, 0) is 54.0 Å². The van der Waals surface area contributed by atoms with Crippen molar-refractivity contribution >= 4 is 105 Å². The van der Waals surface area contributed by atoms with Gasteiger partial charge in [0, 0.05) is 78.7 Å². The van der Waals surface area contributed by atoms with Crippen LogP contribution in [0.25, 0.3) is 0 Å². The molecule has 32 nitrogen and oxygen atoms in total. The summed E-state index contributed by atoms with van der Waals surface area (Å²) < 4.78 is 111. The Balaban J connectivity index is 0.000000190. The largest absolute Gasteiger partial charge is 0.493 e. The predicted molar refractivity (Wildman–Crippen MR) is 458 cm³/mol. The van der Waals surface area contributed by atoms with Crippen molar-refractivity contribution in [3.05, 3.63) is 277 Å². The Labute approximate surface area is 716 Å². The van der Waals surface area contributed by atoms with Gasteiger partial charge in [-0.3, -0.25) is 28.8 Å². The van der Waals surface area contributed by atoms with E-state index in [0.29, 0.717) is 93.4 Å². The third-order valence-corrected chi connectivity index (χ3v) is 16.9. The lowest BCUT2D eigenvalue weighted by molar-refractivity contribution is -0.138. The summed E-state index contributed by atoms with van der Waals surface area (Å²) in [6.45, 7) is 14.6. The maximum Gasteiger partial charge on any atom is 0.416 e. The number of halogens is 6. The lowest BCUT2D eigenvalue weighted by Crippen LogP contribution is -2.20. The molecule has 650 valence electrons. The number of benzene rings is 8. The highest BCUT2D eigenvalue weighted by atomic mass is 19.4. The van der Waals surface area contributed by atoms with E-state index < -0.39 is 41.4 Å². The second-order valence-corrected chi connectivity index (χ2v) is 26.7. The monoisotopic (exact) mass is 1730 g/mol. The Morgan fingerprint density at radius 2 is 0.659 bits per heavy atom. The fourth-order valence-corrected chi connectivity index (χ4v) is 10.8. The summed E-state index contributed by atoms with van der Waals surface area (Å²) in [6.07, 6.45) is -2.08. The summed E-state index contributed by atoms with van der Waals surface area (Å²) in [7, 11) is 3.11. The molecule has 10 amide bonds. The number of hydrogen-bond donors (Lipinski definition) is 10. The first-order valence-corrected chi connectivity index (χ1v) is 37.7. The topological polar surface area (TPSA) is 415 Å². The molecule has 12 aromatic rings. The molecule has 0 aliphatic carbocycles. The number of alkyl halides is 6. The molecule has 0 aliphatic heterocycles. The standard InChI is InChI=1S/C22H20F3N5O3.C22H18F3N5O3.C22H22N4O5.C22H22N4O3/c2*1-3-19(31)30-18-11-20(27-12-26-18)33-16-8-6-14(7-9-16)28-21(32)29-15-5-4-13(2)17(10-15)22(23,24)25;1-14(27)25-20-12-22(24-13-23-20)31-17-7-5-16(6-8-17)26-21(28)11-15-4-9-18(29-2)19(10-15)30-3;1-14-4-5-17(10-15(14)2)11-21(28)26-18-6-8-19(9-7-18)29-22-12-20(23-13-24-22)25-16(3)27/h4-12H,3H2,1-2H3,(H2,28,29,32)(H,26,27,30,31);3-12H,1H2,2H3,(H2,28,29,32)(H,26,27,30,31);4-10,12-13H,11H2,1-3H3,(H,26,28)(H,23,24,25,27);4-10,12-13H,11H2,1-3H3,(H,26,28)(H,23,24,25,27). The van der Waals surface area contributed by atoms with Crippen LogP contribution in [0, 0.1) is 27.7 Å². The Hall–Kier alpha value is -16.4. The number of ether oxygens (including phenoxy) is 6. The highest BCUT2D eigenvalue weighted by Gasteiger charge is 2.34. The normalized spacial score (nSPS) is 10.6. The van der Waals surface area contributed by atoms with E-state index in [2.05, 4.69) is 99.6 Å². The van der Waals surface area contributed by atoms with Gasteiger partial charge in [-0.2, -0.15) is 26.3 Å². The molecule has 0 fully saturated rings. The first kappa shape index (κ1) is 93.4. The van der Waals surface area contributed by atoms with E-state index in [4.69, 9.17) is 28.4 Å². The fraction of sp³-hybridized carbons (Fsp3) is 0.159. The summed E-state index contributed by atoms with van der Waals surface area (Å²) >= 11 is 0. The first-order valence-electron chi connectivity index (χ1n) is 37.7. The molecule has 38 heteroatoms. The molecule has 126 heavy (non-hydrogen) atoms. The average molecular weight is 1730 g/mol. The van der Waals surface area contributed by atoms with Crippen LogP contribution in [0.5, 0.6) is 58.0 Å². The number of methoxy groups -OCH3 is 2. The van der Waals surface area contributed by atoms with Crippen LogP contribution < -0.4 is 81.6 Å². The molecule has 4 aromatic heterocycles. The van der Waals surface area contributed by atoms with Crippen LogP contribution in [0.15, 0.2) is 232 Å². The molecule has 12 rings (SSSR count). The van der Waals surface area contributed by atoms with Gasteiger partial charge < -0.3 is 81.6 Å². The number of nitrogens with one attached hydrogen (secondary N) is 10. The van der Waals surface area contributed by atoms with Crippen LogP contribution in [0.2, 0.25) is 0 Å². The fourth-order valence-electron chi connectivity index (χ4n) is 10.8. The molecular formula is C88H82F6N18O14. The van der Waals surface area contributed by atoms with Gasteiger partial charge in [-0.15, -0.1) is 0 Å². The summed E-state index contributed by atoms with van der Waals surface area (Å²) in [5.41, 5.74) is 4.73. The predicted octanol–water partition coefficient (Wildman–Crippen LogP) is 18.4. The molecular weight excluding hydrogens is 1650 g/mol. The highest BCUT2D eigenvalue weighted by Crippen LogP contribution is 2.37. The zero-order valence-corrected chi connectivity index (χ0v) is 68.8. The number of carbonyl (C=O) groups is 8. The third-order valence-electron chi connectivity index (χ3n) is 16.9. The van der Waals surface area contributed by atoms with E-state index in [1.54, 1.807) is 118 Å².